The van der Waals surface area contributed by atoms with E-state index in [1.807, 2.05) is 0 Å². The second-order valence-corrected chi connectivity index (χ2v) is 13.7. The molecule has 1 N–H and O–H groups in total. The third kappa shape index (κ3) is 36.9. The molecule has 0 unspecified atom stereocenters. The van der Waals surface area contributed by atoms with Crippen molar-refractivity contribution in [3.8, 4) is 0 Å². The highest BCUT2D eigenvalue weighted by Crippen LogP contribution is 2.14. The van der Waals surface area contributed by atoms with Crippen molar-refractivity contribution in [2.45, 2.75) is 213 Å². The maximum atomic E-state index is 12.2. The van der Waals surface area contributed by atoms with Crippen LogP contribution in [0.25, 0.3) is 0 Å². The molecule has 0 heterocycles. The molecule has 280 valence electrons. The van der Waals surface area contributed by atoms with E-state index < -0.39 is 6.10 Å². The summed E-state index contributed by atoms with van der Waals surface area (Å²) in [5, 5.41) is 9.56. The lowest BCUT2D eigenvalue weighted by molar-refractivity contribution is -0.161. The minimum absolute atomic E-state index is 0.0684. The summed E-state index contributed by atoms with van der Waals surface area (Å²) in [6.45, 7) is 4.11. The van der Waals surface area contributed by atoms with Crippen LogP contribution >= 0.6 is 0 Å². The summed E-state index contributed by atoms with van der Waals surface area (Å²) in [6, 6.07) is 0. The van der Waals surface area contributed by atoms with Crippen molar-refractivity contribution in [1.29, 1.82) is 0 Å². The molecule has 0 aromatic rings. The average molecular weight is 675 g/mol. The molecule has 0 aromatic carbocycles. The smallest absolute Gasteiger partial charge is 0.306 e. The van der Waals surface area contributed by atoms with Gasteiger partial charge in [0.05, 0.1) is 6.61 Å². The highest BCUT2D eigenvalue weighted by Gasteiger charge is 2.16. The summed E-state index contributed by atoms with van der Waals surface area (Å²) in [6.07, 6.45) is 47.7. The van der Waals surface area contributed by atoms with Gasteiger partial charge in [0, 0.05) is 12.8 Å². The van der Waals surface area contributed by atoms with Gasteiger partial charge in [-0.2, -0.15) is 0 Å². The molecule has 0 bridgehead atoms. The first kappa shape index (κ1) is 46.1. The largest absolute Gasteiger partial charge is 0.462 e. The molecular formula is C43H78O5. The summed E-state index contributed by atoms with van der Waals surface area (Å²) in [4.78, 5) is 24.3. The van der Waals surface area contributed by atoms with Crippen molar-refractivity contribution in [1.82, 2.24) is 0 Å². The van der Waals surface area contributed by atoms with Crippen molar-refractivity contribution in [3.05, 3.63) is 36.5 Å². The number of hydrogen-bond acceptors (Lipinski definition) is 5. The number of hydrogen-bond donors (Lipinski definition) is 1. The van der Waals surface area contributed by atoms with E-state index in [4.69, 9.17) is 9.47 Å². The lowest BCUT2D eigenvalue weighted by Gasteiger charge is -2.15. The number of carbonyl (C=O) groups excluding carboxylic acids is 2. The summed E-state index contributed by atoms with van der Waals surface area (Å²) >= 11 is 0. The standard InChI is InChI=1S/C43H78O5/c1-3-5-7-9-11-13-15-17-19-20-21-22-24-26-28-30-32-34-36-38-43(46)48-41(39-44)40-47-42(45)37-35-33-31-29-27-25-23-18-16-14-12-10-8-6-4-2/h11,13,17,19,21-22,41,44H,3-10,12,14-16,18,20,23-40H2,1-2H3/b13-11-,19-17-,22-21-/t41-/m0/s1. The second kappa shape index (κ2) is 39.6. The van der Waals surface area contributed by atoms with Crippen molar-refractivity contribution >= 4 is 11.9 Å². The summed E-state index contributed by atoms with van der Waals surface area (Å²) in [5.41, 5.74) is 0. The fraction of sp³-hybridized carbons (Fsp3) is 0.814. The van der Waals surface area contributed by atoms with E-state index in [0.29, 0.717) is 12.8 Å². The molecule has 5 nitrogen and oxygen atoms in total. The number of unbranched alkanes of at least 4 members (excludes halogenated alkanes) is 23. The van der Waals surface area contributed by atoms with E-state index in [1.54, 1.807) is 0 Å². The first-order valence-electron chi connectivity index (χ1n) is 20.5. The topological polar surface area (TPSA) is 72.8 Å². The van der Waals surface area contributed by atoms with Gasteiger partial charge in [0.15, 0.2) is 6.10 Å². The minimum atomic E-state index is -0.775. The number of aliphatic hydroxyl groups excluding tert-OH is 1. The molecule has 48 heavy (non-hydrogen) atoms. The van der Waals surface area contributed by atoms with Crippen LogP contribution in [-0.2, 0) is 19.1 Å². The predicted octanol–water partition coefficient (Wildman–Crippen LogP) is 12.8. The Hall–Kier alpha value is -1.88. The highest BCUT2D eigenvalue weighted by atomic mass is 16.6. The van der Waals surface area contributed by atoms with Crippen molar-refractivity contribution < 1.29 is 24.2 Å². The zero-order valence-electron chi connectivity index (χ0n) is 31.7. The van der Waals surface area contributed by atoms with Crippen LogP contribution in [-0.4, -0.2) is 36.4 Å². The number of rotatable bonds is 37. The Balaban J connectivity index is 3.57. The van der Waals surface area contributed by atoms with Gasteiger partial charge < -0.3 is 14.6 Å². The third-order valence-corrected chi connectivity index (χ3v) is 8.94. The van der Waals surface area contributed by atoms with Crippen LogP contribution in [0, 0.1) is 0 Å². The van der Waals surface area contributed by atoms with E-state index in [-0.39, 0.29) is 25.2 Å². The second-order valence-electron chi connectivity index (χ2n) is 13.7. The SMILES string of the molecule is CCCCC/C=C\C/C=C\C/C=C\CCCCCCCCC(=O)O[C@@H](CO)COC(=O)CCCCCCCCCCCCCCCCC. The van der Waals surface area contributed by atoms with E-state index in [2.05, 4.69) is 50.3 Å². The number of ether oxygens (including phenoxy) is 2. The van der Waals surface area contributed by atoms with Crippen LogP contribution in [0.15, 0.2) is 36.5 Å². The Morgan fingerprint density at radius 2 is 0.833 bits per heavy atom. The fourth-order valence-electron chi connectivity index (χ4n) is 5.80. The van der Waals surface area contributed by atoms with Crippen LogP contribution in [0.3, 0.4) is 0 Å². The minimum Gasteiger partial charge on any atom is -0.462 e. The van der Waals surface area contributed by atoms with Crippen LogP contribution in [0.5, 0.6) is 0 Å². The van der Waals surface area contributed by atoms with Gasteiger partial charge in [0.25, 0.3) is 0 Å². The third-order valence-electron chi connectivity index (χ3n) is 8.94. The lowest BCUT2D eigenvalue weighted by Crippen LogP contribution is -2.28. The molecule has 0 saturated carbocycles. The van der Waals surface area contributed by atoms with Gasteiger partial charge in [0.1, 0.15) is 6.61 Å². The monoisotopic (exact) mass is 675 g/mol. The van der Waals surface area contributed by atoms with Gasteiger partial charge >= 0.3 is 11.9 Å². The molecule has 0 amide bonds. The molecule has 0 spiro atoms. The molecule has 0 aliphatic heterocycles. The Morgan fingerprint density at radius 3 is 1.29 bits per heavy atom. The molecule has 0 radical (unpaired) electrons. The van der Waals surface area contributed by atoms with Gasteiger partial charge in [-0.05, 0) is 51.4 Å². The Bertz CT molecular complexity index is 771. The van der Waals surface area contributed by atoms with Crippen LogP contribution in [0.4, 0.5) is 0 Å². The molecular weight excluding hydrogens is 596 g/mol. The van der Waals surface area contributed by atoms with E-state index >= 15 is 0 Å². The van der Waals surface area contributed by atoms with Crippen LogP contribution in [0.2, 0.25) is 0 Å². The molecule has 1 atom stereocenters. The Morgan fingerprint density at radius 1 is 0.479 bits per heavy atom. The van der Waals surface area contributed by atoms with E-state index in [1.165, 1.54) is 122 Å². The first-order chi connectivity index (χ1) is 23.6. The summed E-state index contributed by atoms with van der Waals surface area (Å²) in [7, 11) is 0. The molecule has 0 saturated heterocycles. The van der Waals surface area contributed by atoms with Gasteiger partial charge in [0.2, 0.25) is 0 Å². The van der Waals surface area contributed by atoms with Gasteiger partial charge in [-0.15, -0.1) is 0 Å². The molecule has 0 aliphatic rings. The molecule has 0 fully saturated rings. The van der Waals surface area contributed by atoms with Crippen LogP contribution < -0.4 is 0 Å². The van der Waals surface area contributed by atoms with Gasteiger partial charge in [-0.25, -0.2) is 0 Å². The highest BCUT2D eigenvalue weighted by molar-refractivity contribution is 5.70. The normalized spacial score (nSPS) is 12.5. The zero-order valence-corrected chi connectivity index (χ0v) is 31.7. The number of esters is 2. The van der Waals surface area contributed by atoms with E-state index in [9.17, 15) is 14.7 Å². The first-order valence-corrected chi connectivity index (χ1v) is 20.5. The summed E-state index contributed by atoms with van der Waals surface area (Å²) in [5.74, 6) is -0.599. The predicted molar refractivity (Wildman–Crippen MR) is 205 cm³/mol. The number of allylic oxidation sites excluding steroid dienone is 6. The molecule has 5 heteroatoms. The molecule has 0 rings (SSSR count). The van der Waals surface area contributed by atoms with Gasteiger partial charge in [-0.1, -0.05) is 179 Å². The Labute approximate surface area is 297 Å². The number of carbonyl (C=O) groups is 2. The van der Waals surface area contributed by atoms with Crippen molar-refractivity contribution in [3.63, 3.8) is 0 Å². The average Bonchev–Trinajstić information content (AvgIpc) is 3.09. The molecule has 0 aliphatic carbocycles. The van der Waals surface area contributed by atoms with E-state index in [0.717, 1.165) is 57.8 Å². The zero-order chi connectivity index (χ0) is 35.0. The summed E-state index contributed by atoms with van der Waals surface area (Å²) < 4.78 is 10.6. The quantitative estimate of drug-likeness (QED) is 0.0403. The van der Waals surface area contributed by atoms with Gasteiger partial charge in [-0.3, -0.25) is 9.59 Å². The number of aliphatic hydroxyl groups is 1. The van der Waals surface area contributed by atoms with Crippen molar-refractivity contribution in [2.24, 2.45) is 0 Å². The maximum absolute atomic E-state index is 12.2. The lowest BCUT2D eigenvalue weighted by atomic mass is 10.0. The van der Waals surface area contributed by atoms with Crippen molar-refractivity contribution in [2.75, 3.05) is 13.2 Å². The Kier molecular flexibility index (Phi) is 38.0. The molecule has 0 aromatic heterocycles. The fourth-order valence-corrected chi connectivity index (χ4v) is 5.80. The maximum Gasteiger partial charge on any atom is 0.306 e. The van der Waals surface area contributed by atoms with Crippen LogP contribution in [0.1, 0.15) is 206 Å².